The number of fused-ring (bicyclic) bond motifs is 1. The van der Waals surface area contributed by atoms with Gasteiger partial charge in [-0.1, -0.05) is 19.3 Å². The molecule has 0 aromatic carbocycles. The molecule has 0 spiro atoms. The number of pyridine rings is 1. The maximum Gasteiger partial charge on any atom is 0.180 e. The quantitative estimate of drug-likeness (QED) is 0.880. The lowest BCUT2D eigenvalue weighted by molar-refractivity contribution is 0.330. The molecule has 0 aliphatic heterocycles. The molecule has 1 saturated carbocycles. The van der Waals surface area contributed by atoms with Gasteiger partial charge in [0.2, 0.25) is 0 Å². The van der Waals surface area contributed by atoms with E-state index in [1.54, 1.807) is 12.4 Å². The van der Waals surface area contributed by atoms with Crippen molar-refractivity contribution in [2.24, 2.45) is 5.73 Å². The molecule has 1 fully saturated rings. The van der Waals surface area contributed by atoms with E-state index in [1.165, 1.54) is 19.3 Å². The Kier molecular flexibility index (Phi) is 3.29. The van der Waals surface area contributed by atoms with Crippen LogP contribution in [0.5, 0.6) is 0 Å². The van der Waals surface area contributed by atoms with Crippen molar-refractivity contribution in [2.45, 2.75) is 37.6 Å². The second-order valence-corrected chi connectivity index (χ2v) is 5.27. The molecule has 5 nitrogen and oxygen atoms in total. The van der Waals surface area contributed by atoms with Crippen LogP contribution in [0.4, 0.5) is 5.82 Å². The van der Waals surface area contributed by atoms with Gasteiger partial charge < -0.3 is 11.1 Å². The van der Waals surface area contributed by atoms with Gasteiger partial charge in [0, 0.05) is 18.9 Å². The molecular formula is C14H19N5. The van der Waals surface area contributed by atoms with Crippen LogP contribution in [-0.4, -0.2) is 27.0 Å². The predicted molar refractivity (Wildman–Crippen MR) is 75.8 cm³/mol. The number of rotatable bonds is 3. The zero-order valence-corrected chi connectivity index (χ0v) is 11.0. The number of nitrogens with one attached hydrogen (secondary N) is 1. The van der Waals surface area contributed by atoms with Gasteiger partial charge in [-0.15, -0.1) is 0 Å². The summed E-state index contributed by atoms with van der Waals surface area (Å²) in [4.78, 5) is 13.0. The Bertz CT molecular complexity index is 563. The van der Waals surface area contributed by atoms with E-state index >= 15 is 0 Å². The number of anilines is 1. The third-order valence-corrected chi connectivity index (χ3v) is 3.93. The van der Waals surface area contributed by atoms with E-state index in [-0.39, 0.29) is 5.54 Å². The van der Waals surface area contributed by atoms with Crippen molar-refractivity contribution in [1.29, 1.82) is 0 Å². The van der Waals surface area contributed by atoms with Gasteiger partial charge in [0.25, 0.3) is 0 Å². The lowest BCUT2D eigenvalue weighted by Crippen LogP contribution is -2.47. The Morgan fingerprint density at radius 3 is 2.68 bits per heavy atom. The number of hydrogen-bond donors (Lipinski definition) is 2. The molecule has 0 saturated heterocycles. The zero-order chi connectivity index (χ0) is 13.1. The maximum atomic E-state index is 5.98. The van der Waals surface area contributed by atoms with Gasteiger partial charge in [-0.3, -0.25) is 4.98 Å². The van der Waals surface area contributed by atoms with E-state index in [1.807, 2.05) is 12.1 Å². The van der Waals surface area contributed by atoms with Crippen LogP contribution < -0.4 is 11.1 Å². The lowest BCUT2D eigenvalue weighted by atomic mass is 9.81. The molecule has 0 unspecified atom stereocenters. The van der Waals surface area contributed by atoms with Crippen LogP contribution in [0.2, 0.25) is 0 Å². The fourth-order valence-corrected chi connectivity index (χ4v) is 2.80. The van der Waals surface area contributed by atoms with Crippen molar-refractivity contribution in [3.05, 3.63) is 24.5 Å². The van der Waals surface area contributed by atoms with Crippen LogP contribution in [-0.2, 0) is 0 Å². The van der Waals surface area contributed by atoms with Crippen molar-refractivity contribution >= 4 is 17.0 Å². The molecule has 3 rings (SSSR count). The van der Waals surface area contributed by atoms with Crippen LogP contribution in [0.1, 0.15) is 32.1 Å². The summed E-state index contributed by atoms with van der Waals surface area (Å²) in [5.74, 6) is 0.848. The molecular weight excluding hydrogens is 238 g/mol. The van der Waals surface area contributed by atoms with Gasteiger partial charge in [-0.25, -0.2) is 9.97 Å². The van der Waals surface area contributed by atoms with Gasteiger partial charge in [0.1, 0.15) is 11.3 Å². The summed E-state index contributed by atoms with van der Waals surface area (Å²) in [7, 11) is 0. The Labute approximate surface area is 112 Å². The highest BCUT2D eigenvalue weighted by molar-refractivity contribution is 5.71. The molecule has 0 amide bonds. The minimum atomic E-state index is 0.00113. The fraction of sp³-hybridized carbons (Fsp3) is 0.500. The average molecular weight is 257 g/mol. The summed E-state index contributed by atoms with van der Waals surface area (Å²) in [5.41, 5.74) is 7.48. The molecule has 0 radical (unpaired) electrons. The van der Waals surface area contributed by atoms with Gasteiger partial charge in [0.05, 0.1) is 5.54 Å². The Morgan fingerprint density at radius 1 is 1.11 bits per heavy atom. The highest BCUT2D eigenvalue weighted by Gasteiger charge is 2.30. The highest BCUT2D eigenvalue weighted by atomic mass is 15.1. The first-order valence-corrected chi connectivity index (χ1v) is 6.87. The van der Waals surface area contributed by atoms with Crippen LogP contribution in [0.3, 0.4) is 0 Å². The molecule has 1 aliphatic rings. The third kappa shape index (κ3) is 2.51. The number of nitrogens with zero attached hydrogens (tertiary/aromatic N) is 3. The normalized spacial score (nSPS) is 18.4. The van der Waals surface area contributed by atoms with E-state index in [4.69, 9.17) is 5.73 Å². The summed E-state index contributed by atoms with van der Waals surface area (Å²) in [6.07, 6.45) is 9.35. The summed E-state index contributed by atoms with van der Waals surface area (Å²) in [6, 6.07) is 3.91. The Hall–Kier alpha value is -1.75. The van der Waals surface area contributed by atoms with E-state index in [0.29, 0.717) is 12.2 Å². The van der Waals surface area contributed by atoms with Crippen molar-refractivity contribution in [2.75, 3.05) is 11.9 Å². The van der Waals surface area contributed by atoms with Gasteiger partial charge in [-0.2, -0.15) is 0 Å². The largest absolute Gasteiger partial charge is 0.363 e. The summed E-state index contributed by atoms with van der Waals surface area (Å²) < 4.78 is 0. The molecule has 100 valence electrons. The number of hydrogen-bond acceptors (Lipinski definition) is 5. The van der Waals surface area contributed by atoms with Crippen molar-refractivity contribution in [1.82, 2.24) is 15.0 Å². The molecule has 3 N–H and O–H groups in total. The zero-order valence-electron chi connectivity index (χ0n) is 11.0. The maximum absolute atomic E-state index is 5.98. The topological polar surface area (TPSA) is 76.7 Å². The van der Waals surface area contributed by atoms with Crippen molar-refractivity contribution < 1.29 is 0 Å². The van der Waals surface area contributed by atoms with E-state index in [0.717, 1.165) is 24.2 Å². The van der Waals surface area contributed by atoms with Crippen molar-refractivity contribution in [3.63, 3.8) is 0 Å². The Balaban J connectivity index is 1.87. The summed E-state index contributed by atoms with van der Waals surface area (Å²) >= 11 is 0. The lowest BCUT2D eigenvalue weighted by Gasteiger charge is -2.37. The van der Waals surface area contributed by atoms with Gasteiger partial charge in [-0.05, 0) is 25.0 Å². The van der Waals surface area contributed by atoms with Gasteiger partial charge >= 0.3 is 0 Å². The second-order valence-electron chi connectivity index (χ2n) is 5.27. The average Bonchev–Trinajstić information content (AvgIpc) is 2.48. The molecule has 0 atom stereocenters. The van der Waals surface area contributed by atoms with Crippen LogP contribution in [0.15, 0.2) is 24.5 Å². The Morgan fingerprint density at radius 2 is 1.89 bits per heavy atom. The first-order valence-electron chi connectivity index (χ1n) is 6.87. The fourth-order valence-electron chi connectivity index (χ4n) is 2.80. The summed E-state index contributed by atoms with van der Waals surface area (Å²) in [6.45, 7) is 0.646. The molecule has 2 aromatic rings. The minimum absolute atomic E-state index is 0.00113. The molecule has 19 heavy (non-hydrogen) atoms. The minimum Gasteiger partial charge on any atom is -0.363 e. The second kappa shape index (κ2) is 5.09. The number of nitrogens with two attached hydrogens (primary N) is 1. The van der Waals surface area contributed by atoms with Crippen molar-refractivity contribution in [3.8, 4) is 0 Å². The number of aromatic nitrogens is 3. The molecule has 2 aromatic heterocycles. The van der Waals surface area contributed by atoms with Crippen LogP contribution in [0.25, 0.3) is 11.2 Å². The third-order valence-electron chi connectivity index (χ3n) is 3.93. The molecule has 5 heteroatoms. The first kappa shape index (κ1) is 12.3. The van der Waals surface area contributed by atoms with E-state index in [9.17, 15) is 0 Å². The summed E-state index contributed by atoms with van der Waals surface area (Å²) in [5, 5.41) is 3.53. The van der Waals surface area contributed by atoms with Gasteiger partial charge in [0.15, 0.2) is 5.65 Å². The molecule has 1 aliphatic carbocycles. The highest BCUT2D eigenvalue weighted by Crippen LogP contribution is 2.30. The monoisotopic (exact) mass is 257 g/mol. The van der Waals surface area contributed by atoms with Crippen LogP contribution in [0, 0.1) is 0 Å². The standard InChI is InChI=1S/C14H19N5/c15-10-14(6-2-1-3-7-14)19-12-5-4-11-13(18-12)17-9-8-16-11/h4-5,8-9H,1-3,6-7,10,15H2,(H,17,18,19). The molecule has 0 bridgehead atoms. The van der Waals surface area contributed by atoms with Crippen LogP contribution >= 0.6 is 0 Å². The smallest absolute Gasteiger partial charge is 0.180 e. The SMILES string of the molecule is NCC1(Nc2ccc3nccnc3n2)CCCCC1. The first-order chi connectivity index (χ1) is 9.31. The van der Waals surface area contributed by atoms with E-state index in [2.05, 4.69) is 20.3 Å². The predicted octanol–water partition coefficient (Wildman–Crippen LogP) is 2.10. The molecule has 2 heterocycles. The van der Waals surface area contributed by atoms with E-state index < -0.39 is 0 Å².